The molecule has 0 unspecified atom stereocenters. The summed E-state index contributed by atoms with van der Waals surface area (Å²) < 4.78 is 0. The van der Waals surface area contributed by atoms with Gasteiger partial charge in [0.25, 0.3) is 0 Å². The molecule has 1 heterocycles. The summed E-state index contributed by atoms with van der Waals surface area (Å²) in [5, 5.41) is 0. The Morgan fingerprint density at radius 2 is 2.08 bits per heavy atom. The predicted molar refractivity (Wildman–Crippen MR) is 55.3 cm³/mol. The van der Waals surface area contributed by atoms with Crippen LogP contribution >= 0.6 is 0 Å². The van der Waals surface area contributed by atoms with Crippen LogP contribution in [-0.2, 0) is 0 Å². The van der Waals surface area contributed by atoms with E-state index >= 15 is 0 Å². The highest BCUT2D eigenvalue weighted by molar-refractivity contribution is 5.47. The molecule has 1 rings (SSSR count). The Bertz CT molecular complexity index is 314. The molecule has 0 aliphatic carbocycles. The van der Waals surface area contributed by atoms with E-state index < -0.39 is 0 Å². The molecule has 0 amide bonds. The zero-order valence-corrected chi connectivity index (χ0v) is 8.70. The number of hydrogen-bond donors (Lipinski definition) is 0. The lowest BCUT2D eigenvalue weighted by Crippen LogP contribution is -1.92. The fraction of sp³-hybridized carbons (Fsp3) is 0.455. The monoisotopic (exact) mass is 176 g/mol. The number of rotatable bonds is 2. The average Bonchev–Trinajstić information content (AvgIpc) is 2.04. The molecule has 0 aliphatic rings. The Morgan fingerprint density at radius 3 is 2.62 bits per heavy atom. The first-order valence-electron chi connectivity index (χ1n) is 4.56. The number of allylic oxidation sites excluding steroid dienone is 1. The van der Waals surface area contributed by atoms with E-state index in [0.717, 1.165) is 11.4 Å². The molecule has 0 saturated heterocycles. The fourth-order valence-corrected chi connectivity index (χ4v) is 0.952. The summed E-state index contributed by atoms with van der Waals surface area (Å²) in [7, 11) is 0. The SMILES string of the molecule is CC(=Cc1cncc(C)n1)C(C)C. The molecule has 1 aromatic rings. The predicted octanol–water partition coefficient (Wildman–Crippen LogP) is 2.84. The van der Waals surface area contributed by atoms with Gasteiger partial charge in [-0.2, -0.15) is 0 Å². The summed E-state index contributed by atoms with van der Waals surface area (Å²) in [6.45, 7) is 8.42. The van der Waals surface area contributed by atoms with Crippen LogP contribution in [0, 0.1) is 12.8 Å². The third-order valence-electron chi connectivity index (χ3n) is 2.06. The van der Waals surface area contributed by atoms with Gasteiger partial charge in [0.1, 0.15) is 0 Å². The Labute approximate surface area is 79.7 Å². The van der Waals surface area contributed by atoms with Crippen LogP contribution < -0.4 is 0 Å². The lowest BCUT2D eigenvalue weighted by atomic mass is 10.0. The van der Waals surface area contributed by atoms with Crippen LogP contribution in [0.15, 0.2) is 18.0 Å². The van der Waals surface area contributed by atoms with Crippen molar-refractivity contribution in [2.24, 2.45) is 5.92 Å². The molecule has 1 aromatic heterocycles. The van der Waals surface area contributed by atoms with E-state index in [-0.39, 0.29) is 0 Å². The van der Waals surface area contributed by atoms with Crippen LogP contribution in [0.3, 0.4) is 0 Å². The summed E-state index contributed by atoms with van der Waals surface area (Å²) in [6, 6.07) is 0. The van der Waals surface area contributed by atoms with Crippen molar-refractivity contribution in [3.05, 3.63) is 29.4 Å². The van der Waals surface area contributed by atoms with Crippen molar-refractivity contribution in [2.75, 3.05) is 0 Å². The first-order chi connectivity index (χ1) is 6.09. The molecule has 0 atom stereocenters. The zero-order chi connectivity index (χ0) is 9.84. The number of nitrogens with zero attached hydrogens (tertiary/aromatic N) is 2. The zero-order valence-electron chi connectivity index (χ0n) is 8.70. The van der Waals surface area contributed by atoms with E-state index in [0.29, 0.717) is 5.92 Å². The summed E-state index contributed by atoms with van der Waals surface area (Å²) in [4.78, 5) is 8.45. The van der Waals surface area contributed by atoms with E-state index in [1.165, 1.54) is 5.57 Å². The average molecular weight is 176 g/mol. The topological polar surface area (TPSA) is 25.8 Å². The highest BCUT2D eigenvalue weighted by Crippen LogP contribution is 2.11. The summed E-state index contributed by atoms with van der Waals surface area (Å²) in [6.07, 6.45) is 5.64. The molecule has 0 aliphatic heterocycles. The summed E-state index contributed by atoms with van der Waals surface area (Å²) >= 11 is 0. The van der Waals surface area contributed by atoms with E-state index in [2.05, 4.69) is 36.8 Å². The molecule has 0 spiro atoms. The molecule has 2 nitrogen and oxygen atoms in total. The minimum absolute atomic E-state index is 0.572. The van der Waals surface area contributed by atoms with Crippen LogP contribution in [0.25, 0.3) is 6.08 Å². The second-order valence-corrected chi connectivity index (χ2v) is 3.63. The molecule has 0 fully saturated rings. The van der Waals surface area contributed by atoms with Crippen molar-refractivity contribution in [3.63, 3.8) is 0 Å². The fourth-order valence-electron chi connectivity index (χ4n) is 0.952. The molecule has 70 valence electrons. The molecule has 2 heteroatoms. The molecular weight excluding hydrogens is 160 g/mol. The maximum Gasteiger partial charge on any atom is 0.0815 e. The smallest absolute Gasteiger partial charge is 0.0815 e. The van der Waals surface area contributed by atoms with Gasteiger partial charge in [0.05, 0.1) is 17.6 Å². The Balaban J connectivity index is 2.91. The first kappa shape index (κ1) is 9.90. The lowest BCUT2D eigenvalue weighted by Gasteiger charge is -2.04. The summed E-state index contributed by atoms with van der Waals surface area (Å²) in [5.41, 5.74) is 3.25. The molecule has 0 saturated carbocycles. The Hall–Kier alpha value is -1.18. The van der Waals surface area contributed by atoms with E-state index in [1.54, 1.807) is 12.4 Å². The number of aryl methyl sites for hydroxylation is 1. The van der Waals surface area contributed by atoms with Gasteiger partial charge in [-0.05, 0) is 25.8 Å². The second-order valence-electron chi connectivity index (χ2n) is 3.63. The van der Waals surface area contributed by atoms with Crippen molar-refractivity contribution in [1.82, 2.24) is 9.97 Å². The van der Waals surface area contributed by atoms with Gasteiger partial charge in [0.2, 0.25) is 0 Å². The highest BCUT2D eigenvalue weighted by Gasteiger charge is 1.97. The standard InChI is InChI=1S/C11H16N2/c1-8(2)9(3)5-11-7-12-6-10(4)13-11/h5-8H,1-4H3. The maximum atomic E-state index is 4.36. The van der Waals surface area contributed by atoms with Crippen LogP contribution in [0.5, 0.6) is 0 Å². The van der Waals surface area contributed by atoms with Gasteiger partial charge in [-0.15, -0.1) is 0 Å². The molecule has 0 N–H and O–H groups in total. The summed E-state index contributed by atoms with van der Waals surface area (Å²) in [5.74, 6) is 0.572. The molecule has 0 bridgehead atoms. The third kappa shape index (κ3) is 2.98. The second kappa shape index (κ2) is 4.17. The quantitative estimate of drug-likeness (QED) is 0.692. The van der Waals surface area contributed by atoms with Crippen LogP contribution in [0.2, 0.25) is 0 Å². The largest absolute Gasteiger partial charge is 0.261 e. The maximum absolute atomic E-state index is 4.36. The van der Waals surface area contributed by atoms with Crippen LogP contribution in [0.1, 0.15) is 32.2 Å². The molecule has 13 heavy (non-hydrogen) atoms. The third-order valence-corrected chi connectivity index (χ3v) is 2.06. The minimum atomic E-state index is 0.572. The van der Waals surface area contributed by atoms with Crippen molar-refractivity contribution in [3.8, 4) is 0 Å². The van der Waals surface area contributed by atoms with Gasteiger partial charge in [0, 0.05) is 6.20 Å². The van der Waals surface area contributed by atoms with E-state index in [4.69, 9.17) is 0 Å². The normalized spacial score (nSPS) is 12.2. The number of hydrogen-bond acceptors (Lipinski definition) is 2. The van der Waals surface area contributed by atoms with Crippen LogP contribution in [-0.4, -0.2) is 9.97 Å². The minimum Gasteiger partial charge on any atom is -0.261 e. The van der Waals surface area contributed by atoms with Gasteiger partial charge in [-0.3, -0.25) is 9.97 Å². The van der Waals surface area contributed by atoms with Crippen molar-refractivity contribution >= 4 is 6.08 Å². The van der Waals surface area contributed by atoms with Gasteiger partial charge >= 0.3 is 0 Å². The Morgan fingerprint density at radius 1 is 1.38 bits per heavy atom. The van der Waals surface area contributed by atoms with Crippen molar-refractivity contribution < 1.29 is 0 Å². The number of aromatic nitrogens is 2. The first-order valence-corrected chi connectivity index (χ1v) is 4.56. The van der Waals surface area contributed by atoms with Gasteiger partial charge in [-0.25, -0.2) is 0 Å². The van der Waals surface area contributed by atoms with Gasteiger partial charge in [0.15, 0.2) is 0 Å². The lowest BCUT2D eigenvalue weighted by molar-refractivity contribution is 0.775. The van der Waals surface area contributed by atoms with Gasteiger partial charge < -0.3 is 0 Å². The molecule has 0 aromatic carbocycles. The molecular formula is C11H16N2. The van der Waals surface area contributed by atoms with Gasteiger partial charge in [-0.1, -0.05) is 19.4 Å². The van der Waals surface area contributed by atoms with Crippen LogP contribution in [0.4, 0.5) is 0 Å². The highest BCUT2D eigenvalue weighted by atomic mass is 14.8. The molecule has 0 radical (unpaired) electrons. The van der Waals surface area contributed by atoms with Crippen molar-refractivity contribution in [2.45, 2.75) is 27.7 Å². The van der Waals surface area contributed by atoms with E-state index in [9.17, 15) is 0 Å². The van der Waals surface area contributed by atoms with Crippen molar-refractivity contribution in [1.29, 1.82) is 0 Å². The van der Waals surface area contributed by atoms with E-state index in [1.807, 2.05) is 6.92 Å². The Kier molecular flexibility index (Phi) is 3.18.